The van der Waals surface area contributed by atoms with Gasteiger partial charge in [0.15, 0.2) is 6.61 Å². The lowest BCUT2D eigenvalue weighted by Gasteiger charge is -2.10. The summed E-state index contributed by atoms with van der Waals surface area (Å²) in [4.78, 5) is 34.6. The topological polar surface area (TPSA) is 82.8 Å². The highest BCUT2D eigenvalue weighted by atomic mass is 16.6. The van der Waals surface area contributed by atoms with Crippen molar-refractivity contribution in [1.82, 2.24) is 0 Å². The van der Waals surface area contributed by atoms with Gasteiger partial charge in [-0.1, -0.05) is 30.3 Å². The fraction of sp³-hybridized carbons (Fsp3) is 0.0870. The molecule has 0 fully saturated rings. The van der Waals surface area contributed by atoms with Crippen LogP contribution in [0.5, 0.6) is 5.75 Å². The van der Waals surface area contributed by atoms with Gasteiger partial charge in [0, 0.05) is 22.6 Å². The first-order valence-corrected chi connectivity index (χ1v) is 8.92. The van der Waals surface area contributed by atoms with Crippen LogP contribution in [0.1, 0.15) is 15.9 Å². The molecule has 1 aromatic heterocycles. The van der Waals surface area contributed by atoms with Crippen molar-refractivity contribution in [3.05, 3.63) is 88.3 Å². The van der Waals surface area contributed by atoms with Crippen molar-refractivity contribution in [3.8, 4) is 5.75 Å². The van der Waals surface area contributed by atoms with Crippen LogP contribution in [-0.4, -0.2) is 18.9 Å². The lowest BCUT2D eigenvalue weighted by Crippen LogP contribution is -2.15. The van der Waals surface area contributed by atoms with E-state index in [9.17, 15) is 14.4 Å². The minimum absolute atomic E-state index is 0.0810. The standard InChI is InChI=1S/C23H16O6/c24-12-15-5-8-18(9-6-15)27-14-22(26)28-13-17-11-21(25)29-20-10-7-16-3-1-2-4-19(16)23(17)20/h1-12H,13-14H2. The third kappa shape index (κ3) is 4.01. The van der Waals surface area contributed by atoms with E-state index in [-0.39, 0.29) is 13.2 Å². The number of rotatable bonds is 6. The Bertz CT molecular complexity index is 1250. The minimum Gasteiger partial charge on any atom is -0.482 e. The molecule has 4 rings (SSSR count). The fourth-order valence-corrected chi connectivity index (χ4v) is 3.12. The van der Waals surface area contributed by atoms with Crippen LogP contribution in [0.2, 0.25) is 0 Å². The van der Waals surface area contributed by atoms with Crippen molar-refractivity contribution in [3.63, 3.8) is 0 Å². The molecule has 0 aliphatic heterocycles. The Labute approximate surface area is 165 Å². The van der Waals surface area contributed by atoms with Crippen molar-refractivity contribution in [2.24, 2.45) is 0 Å². The number of benzene rings is 3. The van der Waals surface area contributed by atoms with Gasteiger partial charge in [0.25, 0.3) is 0 Å². The first-order valence-electron chi connectivity index (χ1n) is 8.92. The summed E-state index contributed by atoms with van der Waals surface area (Å²) in [6.45, 7) is -0.372. The Kier molecular flexibility index (Phi) is 5.07. The van der Waals surface area contributed by atoms with Gasteiger partial charge in [-0.2, -0.15) is 0 Å². The van der Waals surface area contributed by atoms with Crippen molar-refractivity contribution >= 4 is 34.0 Å². The molecule has 4 aromatic rings. The van der Waals surface area contributed by atoms with Crippen LogP contribution in [-0.2, 0) is 16.1 Å². The van der Waals surface area contributed by atoms with Gasteiger partial charge in [0.2, 0.25) is 0 Å². The highest BCUT2D eigenvalue weighted by Gasteiger charge is 2.12. The lowest BCUT2D eigenvalue weighted by atomic mass is 10.0. The predicted molar refractivity (Wildman–Crippen MR) is 107 cm³/mol. The van der Waals surface area contributed by atoms with Gasteiger partial charge >= 0.3 is 11.6 Å². The zero-order chi connectivity index (χ0) is 20.2. The molecule has 0 bridgehead atoms. The maximum absolute atomic E-state index is 12.1. The number of esters is 1. The number of hydrogen-bond acceptors (Lipinski definition) is 6. The average molecular weight is 388 g/mol. The molecule has 29 heavy (non-hydrogen) atoms. The average Bonchev–Trinajstić information content (AvgIpc) is 2.76. The van der Waals surface area contributed by atoms with Gasteiger partial charge in [0.1, 0.15) is 24.2 Å². The van der Waals surface area contributed by atoms with Crippen LogP contribution in [0, 0.1) is 0 Å². The van der Waals surface area contributed by atoms with E-state index in [4.69, 9.17) is 13.9 Å². The molecule has 0 aliphatic carbocycles. The van der Waals surface area contributed by atoms with Gasteiger partial charge < -0.3 is 13.9 Å². The molecule has 144 valence electrons. The van der Waals surface area contributed by atoms with E-state index in [2.05, 4.69) is 0 Å². The Morgan fingerprint density at radius 3 is 2.59 bits per heavy atom. The maximum Gasteiger partial charge on any atom is 0.344 e. The Morgan fingerprint density at radius 1 is 1.00 bits per heavy atom. The molecular formula is C23H16O6. The van der Waals surface area contributed by atoms with Crippen LogP contribution in [0.15, 0.2) is 75.9 Å². The molecule has 0 N–H and O–H groups in total. The summed E-state index contributed by atoms with van der Waals surface area (Å²) < 4.78 is 16.0. The minimum atomic E-state index is -0.578. The SMILES string of the molecule is O=Cc1ccc(OCC(=O)OCc2cc(=O)oc3ccc4ccccc4c23)cc1. The van der Waals surface area contributed by atoms with E-state index in [1.165, 1.54) is 6.07 Å². The largest absolute Gasteiger partial charge is 0.482 e. The molecule has 3 aromatic carbocycles. The van der Waals surface area contributed by atoms with Crippen LogP contribution in [0.4, 0.5) is 0 Å². The second kappa shape index (κ2) is 7.98. The summed E-state index contributed by atoms with van der Waals surface area (Å²) in [5.74, 6) is -0.129. The van der Waals surface area contributed by atoms with Crippen LogP contribution in [0.3, 0.4) is 0 Å². The summed E-state index contributed by atoms with van der Waals surface area (Å²) in [7, 11) is 0. The summed E-state index contributed by atoms with van der Waals surface area (Å²) in [5.41, 5.74) is 1.01. The second-order valence-corrected chi connectivity index (χ2v) is 6.39. The van der Waals surface area contributed by atoms with Gasteiger partial charge in [0.05, 0.1) is 0 Å². The van der Waals surface area contributed by atoms with E-state index in [0.29, 0.717) is 22.5 Å². The summed E-state index contributed by atoms with van der Waals surface area (Å²) in [5, 5.41) is 2.63. The Balaban J connectivity index is 1.51. The molecule has 0 unspecified atom stereocenters. The second-order valence-electron chi connectivity index (χ2n) is 6.39. The first kappa shape index (κ1) is 18.4. The molecule has 6 nitrogen and oxygen atoms in total. The zero-order valence-corrected chi connectivity index (χ0v) is 15.3. The summed E-state index contributed by atoms with van der Waals surface area (Å²) in [6, 6.07) is 19.0. The van der Waals surface area contributed by atoms with Crippen LogP contribution in [0.25, 0.3) is 21.7 Å². The molecule has 0 saturated heterocycles. The number of fused-ring (bicyclic) bond motifs is 3. The van der Waals surface area contributed by atoms with Gasteiger partial charge in [-0.25, -0.2) is 9.59 Å². The Hall–Kier alpha value is -3.93. The van der Waals surface area contributed by atoms with E-state index >= 15 is 0 Å². The van der Waals surface area contributed by atoms with Crippen molar-refractivity contribution < 1.29 is 23.5 Å². The molecule has 0 aliphatic rings. The monoisotopic (exact) mass is 388 g/mol. The van der Waals surface area contributed by atoms with Crippen LogP contribution < -0.4 is 10.4 Å². The lowest BCUT2D eigenvalue weighted by molar-refractivity contribution is -0.147. The molecule has 0 amide bonds. The van der Waals surface area contributed by atoms with E-state index < -0.39 is 11.6 Å². The van der Waals surface area contributed by atoms with Gasteiger partial charge in [-0.15, -0.1) is 0 Å². The predicted octanol–water partition coefficient (Wildman–Crippen LogP) is 3.88. The molecule has 1 heterocycles. The third-order valence-corrected chi connectivity index (χ3v) is 4.48. The molecule has 6 heteroatoms. The number of carbonyl (C=O) groups excluding carboxylic acids is 2. The fourth-order valence-electron chi connectivity index (χ4n) is 3.12. The Morgan fingerprint density at radius 2 is 1.79 bits per heavy atom. The number of ether oxygens (including phenoxy) is 2. The van der Waals surface area contributed by atoms with Crippen molar-refractivity contribution in [2.45, 2.75) is 6.61 Å². The molecular weight excluding hydrogens is 372 g/mol. The maximum atomic E-state index is 12.1. The van der Waals surface area contributed by atoms with Gasteiger partial charge in [-0.05, 0) is 41.1 Å². The number of aldehydes is 1. The first-order chi connectivity index (χ1) is 14.1. The quantitative estimate of drug-likeness (QED) is 0.216. The highest BCUT2D eigenvalue weighted by molar-refractivity contribution is 6.07. The third-order valence-electron chi connectivity index (χ3n) is 4.48. The van der Waals surface area contributed by atoms with E-state index in [1.807, 2.05) is 30.3 Å². The van der Waals surface area contributed by atoms with Crippen molar-refractivity contribution in [2.75, 3.05) is 6.61 Å². The number of carbonyl (C=O) groups is 2. The molecule has 0 spiro atoms. The smallest absolute Gasteiger partial charge is 0.344 e. The normalized spacial score (nSPS) is 10.8. The van der Waals surface area contributed by atoms with E-state index in [0.717, 1.165) is 22.4 Å². The number of hydrogen-bond donors (Lipinski definition) is 0. The summed E-state index contributed by atoms with van der Waals surface area (Å²) >= 11 is 0. The van der Waals surface area contributed by atoms with Gasteiger partial charge in [-0.3, -0.25) is 4.79 Å². The molecule has 0 atom stereocenters. The highest BCUT2D eigenvalue weighted by Crippen LogP contribution is 2.27. The summed E-state index contributed by atoms with van der Waals surface area (Å²) in [6.07, 6.45) is 0.725. The molecule has 0 saturated carbocycles. The van der Waals surface area contributed by atoms with Crippen molar-refractivity contribution in [1.29, 1.82) is 0 Å². The van der Waals surface area contributed by atoms with Crippen LogP contribution >= 0.6 is 0 Å². The van der Waals surface area contributed by atoms with E-state index in [1.54, 1.807) is 30.3 Å². The zero-order valence-electron chi connectivity index (χ0n) is 15.3. The molecule has 0 radical (unpaired) electrons.